The van der Waals surface area contributed by atoms with Crippen molar-refractivity contribution in [1.29, 1.82) is 0 Å². The first-order chi connectivity index (χ1) is 12.9. The fourth-order valence-electron chi connectivity index (χ4n) is 3.65. The number of esters is 1. The van der Waals surface area contributed by atoms with Crippen LogP contribution in [0.2, 0.25) is 0 Å². The summed E-state index contributed by atoms with van der Waals surface area (Å²) in [5, 5.41) is 11.3. The predicted octanol–water partition coefficient (Wildman–Crippen LogP) is 2.42. The molecule has 1 aliphatic carbocycles. The Morgan fingerprint density at radius 1 is 1.15 bits per heavy atom. The highest BCUT2D eigenvalue weighted by atomic mass is 16.5. The standard InChI is InChI=1S/C20H26N4O3/c1-14-7-9-16(10-8-14)24-15(2)17(22-23-24)13-18(25)21-20(19(26)27-3)11-5-4-6-12-20/h7-10H,4-6,11-13H2,1-3H3,(H,21,25). The van der Waals surface area contributed by atoms with E-state index in [0.29, 0.717) is 18.5 Å². The fourth-order valence-corrected chi connectivity index (χ4v) is 3.65. The van der Waals surface area contributed by atoms with Crippen LogP contribution < -0.4 is 5.32 Å². The number of ether oxygens (including phenoxy) is 1. The molecule has 1 aromatic heterocycles. The molecule has 1 aliphatic rings. The number of rotatable bonds is 5. The largest absolute Gasteiger partial charge is 0.467 e. The molecule has 0 unspecified atom stereocenters. The molecule has 7 heteroatoms. The summed E-state index contributed by atoms with van der Waals surface area (Å²) in [4.78, 5) is 24.9. The third kappa shape index (κ3) is 4.02. The van der Waals surface area contributed by atoms with Crippen molar-refractivity contribution < 1.29 is 14.3 Å². The summed E-state index contributed by atoms with van der Waals surface area (Å²) in [6, 6.07) is 7.95. The highest BCUT2D eigenvalue weighted by Crippen LogP contribution is 2.29. The molecule has 0 bridgehead atoms. The highest BCUT2D eigenvalue weighted by Gasteiger charge is 2.42. The zero-order chi connectivity index (χ0) is 19.4. The van der Waals surface area contributed by atoms with Crippen LogP contribution in [0.1, 0.15) is 49.1 Å². The zero-order valence-electron chi connectivity index (χ0n) is 16.1. The van der Waals surface area contributed by atoms with Crippen LogP contribution in [0.25, 0.3) is 5.69 Å². The lowest BCUT2D eigenvalue weighted by Gasteiger charge is -2.35. The lowest BCUT2D eigenvalue weighted by molar-refractivity contribution is -0.152. The van der Waals surface area contributed by atoms with E-state index < -0.39 is 5.54 Å². The maximum atomic E-state index is 12.7. The summed E-state index contributed by atoms with van der Waals surface area (Å²) in [6.07, 6.45) is 4.17. The highest BCUT2D eigenvalue weighted by molar-refractivity contribution is 5.89. The second-order valence-corrected chi connectivity index (χ2v) is 7.23. The molecular weight excluding hydrogens is 344 g/mol. The van der Waals surface area contributed by atoms with Gasteiger partial charge in [0.2, 0.25) is 5.91 Å². The summed E-state index contributed by atoms with van der Waals surface area (Å²) < 4.78 is 6.67. The van der Waals surface area contributed by atoms with E-state index in [0.717, 1.165) is 36.2 Å². The van der Waals surface area contributed by atoms with E-state index in [9.17, 15) is 9.59 Å². The van der Waals surface area contributed by atoms with Gasteiger partial charge in [0.05, 0.1) is 30.6 Å². The molecule has 0 aliphatic heterocycles. The second kappa shape index (κ2) is 7.90. The van der Waals surface area contributed by atoms with Gasteiger partial charge in [-0.15, -0.1) is 5.10 Å². The van der Waals surface area contributed by atoms with Gasteiger partial charge >= 0.3 is 5.97 Å². The number of nitrogens with zero attached hydrogens (tertiary/aromatic N) is 3. The first-order valence-corrected chi connectivity index (χ1v) is 9.33. The van der Waals surface area contributed by atoms with Crippen LogP contribution in [0.15, 0.2) is 24.3 Å². The number of carbonyl (C=O) groups is 2. The van der Waals surface area contributed by atoms with E-state index >= 15 is 0 Å². The molecule has 3 rings (SSSR count). The Labute approximate surface area is 159 Å². The molecule has 0 radical (unpaired) electrons. The molecular formula is C20H26N4O3. The Balaban J connectivity index is 1.74. The number of benzene rings is 1. The van der Waals surface area contributed by atoms with Crippen molar-refractivity contribution in [3.05, 3.63) is 41.2 Å². The Morgan fingerprint density at radius 3 is 2.44 bits per heavy atom. The van der Waals surface area contributed by atoms with Crippen molar-refractivity contribution in [2.75, 3.05) is 7.11 Å². The third-order valence-electron chi connectivity index (χ3n) is 5.26. The van der Waals surface area contributed by atoms with Crippen LogP contribution in [0.5, 0.6) is 0 Å². The number of methoxy groups -OCH3 is 1. The van der Waals surface area contributed by atoms with Crippen molar-refractivity contribution in [2.24, 2.45) is 0 Å². The van der Waals surface area contributed by atoms with E-state index in [1.165, 1.54) is 7.11 Å². The van der Waals surface area contributed by atoms with Gasteiger partial charge in [0.1, 0.15) is 5.54 Å². The first-order valence-electron chi connectivity index (χ1n) is 9.33. The maximum Gasteiger partial charge on any atom is 0.331 e. The van der Waals surface area contributed by atoms with Gasteiger partial charge in [-0.3, -0.25) is 4.79 Å². The van der Waals surface area contributed by atoms with Crippen molar-refractivity contribution in [2.45, 2.75) is 57.9 Å². The summed E-state index contributed by atoms with van der Waals surface area (Å²) in [5.41, 5.74) is 2.56. The van der Waals surface area contributed by atoms with Gasteiger partial charge in [-0.05, 0) is 38.8 Å². The quantitative estimate of drug-likeness (QED) is 0.817. The topological polar surface area (TPSA) is 86.1 Å². The van der Waals surface area contributed by atoms with Crippen molar-refractivity contribution >= 4 is 11.9 Å². The average Bonchev–Trinajstić information content (AvgIpc) is 3.02. The minimum Gasteiger partial charge on any atom is -0.467 e. The number of nitrogens with one attached hydrogen (secondary N) is 1. The maximum absolute atomic E-state index is 12.7. The van der Waals surface area contributed by atoms with Crippen LogP contribution in [-0.4, -0.2) is 39.5 Å². The molecule has 1 N–H and O–H groups in total. The number of hydrogen-bond donors (Lipinski definition) is 1. The summed E-state index contributed by atoms with van der Waals surface area (Å²) in [5.74, 6) is -0.600. The number of aryl methyl sites for hydroxylation is 1. The zero-order valence-corrected chi connectivity index (χ0v) is 16.1. The second-order valence-electron chi connectivity index (χ2n) is 7.23. The molecule has 7 nitrogen and oxygen atoms in total. The average molecular weight is 370 g/mol. The summed E-state index contributed by atoms with van der Waals surface area (Å²) in [7, 11) is 1.36. The van der Waals surface area contributed by atoms with Gasteiger partial charge in [-0.1, -0.05) is 42.2 Å². The van der Waals surface area contributed by atoms with Crippen LogP contribution in [-0.2, 0) is 20.7 Å². The molecule has 1 heterocycles. The third-order valence-corrected chi connectivity index (χ3v) is 5.26. The van der Waals surface area contributed by atoms with E-state index in [-0.39, 0.29) is 18.3 Å². The normalized spacial score (nSPS) is 16.0. The monoisotopic (exact) mass is 370 g/mol. The fraction of sp³-hybridized carbons (Fsp3) is 0.500. The lowest BCUT2D eigenvalue weighted by atomic mass is 9.81. The van der Waals surface area contributed by atoms with E-state index in [4.69, 9.17) is 4.74 Å². The molecule has 0 saturated heterocycles. The number of aromatic nitrogens is 3. The predicted molar refractivity (Wildman–Crippen MR) is 101 cm³/mol. The van der Waals surface area contributed by atoms with Crippen LogP contribution in [0.3, 0.4) is 0 Å². The van der Waals surface area contributed by atoms with Crippen LogP contribution >= 0.6 is 0 Å². The molecule has 27 heavy (non-hydrogen) atoms. The molecule has 1 aromatic carbocycles. The molecule has 0 atom stereocenters. The molecule has 144 valence electrons. The summed E-state index contributed by atoms with van der Waals surface area (Å²) in [6.45, 7) is 3.91. The van der Waals surface area contributed by atoms with Gasteiger partial charge in [0.15, 0.2) is 0 Å². The van der Waals surface area contributed by atoms with Gasteiger partial charge in [-0.2, -0.15) is 0 Å². The van der Waals surface area contributed by atoms with Gasteiger partial charge in [0, 0.05) is 0 Å². The summed E-state index contributed by atoms with van der Waals surface area (Å²) >= 11 is 0. The number of amides is 1. The minimum absolute atomic E-state index is 0.0798. The van der Waals surface area contributed by atoms with Crippen molar-refractivity contribution in [3.8, 4) is 5.69 Å². The van der Waals surface area contributed by atoms with Crippen LogP contribution in [0, 0.1) is 13.8 Å². The Morgan fingerprint density at radius 2 is 1.81 bits per heavy atom. The van der Waals surface area contributed by atoms with Gasteiger partial charge in [-0.25, -0.2) is 9.48 Å². The molecule has 1 saturated carbocycles. The van der Waals surface area contributed by atoms with Crippen molar-refractivity contribution in [1.82, 2.24) is 20.3 Å². The Bertz CT molecular complexity index is 820. The first kappa shape index (κ1) is 19.1. The van der Waals surface area contributed by atoms with E-state index in [2.05, 4.69) is 15.6 Å². The number of hydrogen-bond acceptors (Lipinski definition) is 5. The van der Waals surface area contributed by atoms with Crippen molar-refractivity contribution in [3.63, 3.8) is 0 Å². The van der Waals surface area contributed by atoms with E-state index in [1.807, 2.05) is 38.1 Å². The molecule has 1 amide bonds. The Hall–Kier alpha value is -2.70. The minimum atomic E-state index is -0.912. The smallest absolute Gasteiger partial charge is 0.331 e. The lowest BCUT2D eigenvalue weighted by Crippen LogP contribution is -2.56. The van der Waals surface area contributed by atoms with E-state index in [1.54, 1.807) is 4.68 Å². The SMILES string of the molecule is COC(=O)C1(NC(=O)Cc2nnn(-c3ccc(C)cc3)c2C)CCCCC1. The Kier molecular flexibility index (Phi) is 5.58. The molecule has 2 aromatic rings. The molecule has 0 spiro atoms. The van der Waals surface area contributed by atoms with Crippen LogP contribution in [0.4, 0.5) is 0 Å². The van der Waals surface area contributed by atoms with Gasteiger partial charge in [0.25, 0.3) is 0 Å². The number of carbonyl (C=O) groups excluding carboxylic acids is 2. The van der Waals surface area contributed by atoms with Gasteiger partial charge < -0.3 is 10.1 Å². The molecule has 1 fully saturated rings.